The molecule has 26 heavy (non-hydrogen) atoms. The number of likely N-dealkylation sites (tertiary alicyclic amines) is 1. The minimum Gasteiger partial charge on any atom is -0.338 e. The number of rotatable bonds is 6. The van der Waals surface area contributed by atoms with Crippen LogP contribution in [0.4, 0.5) is 11.4 Å². The quantitative estimate of drug-likeness (QED) is 0.818. The molecule has 1 saturated heterocycles. The van der Waals surface area contributed by atoms with Gasteiger partial charge in [-0.05, 0) is 49.9 Å². The first-order valence-corrected chi connectivity index (χ1v) is 10.7. The molecule has 2 rings (SSSR count). The maximum Gasteiger partial charge on any atom is 0.243 e. The number of sulfonamides is 1. The molecule has 144 valence electrons. The number of nitrogens with zero attached hydrogens (tertiary/aromatic N) is 2. The standard InChI is InChI=1S/C18H27N3O4S/c1-4-16-7-5-6-12-20(16)18(23)13-21(26(3,24)25)17-10-8-15(9-11-17)19-14(2)22/h8-11,16H,4-7,12-13H2,1-3H3,(H,19,22). The lowest BCUT2D eigenvalue weighted by Gasteiger charge is -2.36. The number of carbonyl (C=O) groups is 2. The summed E-state index contributed by atoms with van der Waals surface area (Å²) in [6.45, 7) is 3.91. The van der Waals surface area contributed by atoms with Crippen molar-refractivity contribution in [2.24, 2.45) is 0 Å². The van der Waals surface area contributed by atoms with Crippen molar-refractivity contribution in [1.82, 2.24) is 4.90 Å². The third-order valence-electron chi connectivity index (χ3n) is 4.57. The number of benzene rings is 1. The van der Waals surface area contributed by atoms with Crippen LogP contribution in [0, 0.1) is 0 Å². The van der Waals surface area contributed by atoms with Crippen LogP contribution in [0.15, 0.2) is 24.3 Å². The zero-order valence-corrected chi connectivity index (χ0v) is 16.4. The van der Waals surface area contributed by atoms with Gasteiger partial charge in [0, 0.05) is 25.2 Å². The summed E-state index contributed by atoms with van der Waals surface area (Å²) < 4.78 is 25.6. The fraction of sp³-hybridized carbons (Fsp3) is 0.556. The smallest absolute Gasteiger partial charge is 0.243 e. The maximum absolute atomic E-state index is 12.8. The van der Waals surface area contributed by atoms with Crippen LogP contribution in [0.2, 0.25) is 0 Å². The van der Waals surface area contributed by atoms with Gasteiger partial charge in [0.15, 0.2) is 0 Å². The van der Waals surface area contributed by atoms with Gasteiger partial charge in [0.1, 0.15) is 6.54 Å². The fourth-order valence-corrected chi connectivity index (χ4v) is 4.13. The van der Waals surface area contributed by atoms with E-state index < -0.39 is 10.0 Å². The van der Waals surface area contributed by atoms with Crippen LogP contribution in [0.25, 0.3) is 0 Å². The van der Waals surface area contributed by atoms with E-state index in [1.807, 2.05) is 11.8 Å². The molecule has 0 aromatic heterocycles. The van der Waals surface area contributed by atoms with Crippen molar-refractivity contribution in [2.45, 2.75) is 45.6 Å². The van der Waals surface area contributed by atoms with Gasteiger partial charge in [-0.2, -0.15) is 0 Å². The molecule has 1 aliphatic heterocycles. The first-order chi connectivity index (χ1) is 12.2. The van der Waals surface area contributed by atoms with Crippen LogP contribution < -0.4 is 9.62 Å². The van der Waals surface area contributed by atoms with Crippen molar-refractivity contribution in [3.8, 4) is 0 Å². The van der Waals surface area contributed by atoms with Crippen molar-refractivity contribution in [3.63, 3.8) is 0 Å². The van der Waals surface area contributed by atoms with Gasteiger partial charge in [-0.3, -0.25) is 13.9 Å². The molecule has 0 bridgehead atoms. The SMILES string of the molecule is CCC1CCCCN1C(=O)CN(c1ccc(NC(C)=O)cc1)S(C)(=O)=O. The van der Waals surface area contributed by atoms with Gasteiger partial charge in [0.25, 0.3) is 0 Å². The van der Waals surface area contributed by atoms with Crippen LogP contribution in [0.1, 0.15) is 39.5 Å². The van der Waals surface area contributed by atoms with Gasteiger partial charge >= 0.3 is 0 Å². The predicted octanol–water partition coefficient (Wildman–Crippen LogP) is 2.20. The van der Waals surface area contributed by atoms with Crippen molar-refractivity contribution < 1.29 is 18.0 Å². The molecule has 1 aromatic rings. The molecule has 1 heterocycles. The Morgan fingerprint density at radius 3 is 2.42 bits per heavy atom. The second-order valence-electron chi connectivity index (χ2n) is 6.64. The van der Waals surface area contributed by atoms with E-state index in [4.69, 9.17) is 0 Å². The molecule has 7 nitrogen and oxygen atoms in total. The van der Waals surface area contributed by atoms with Crippen LogP contribution in [-0.4, -0.2) is 50.5 Å². The lowest BCUT2D eigenvalue weighted by Crippen LogP contribution is -2.48. The molecule has 0 aliphatic carbocycles. The maximum atomic E-state index is 12.8. The van der Waals surface area contributed by atoms with Crippen molar-refractivity contribution in [1.29, 1.82) is 0 Å². The first-order valence-electron chi connectivity index (χ1n) is 8.87. The van der Waals surface area contributed by atoms with E-state index in [2.05, 4.69) is 5.32 Å². The summed E-state index contributed by atoms with van der Waals surface area (Å²) in [5, 5.41) is 2.63. The number of hydrogen-bond donors (Lipinski definition) is 1. The van der Waals surface area contributed by atoms with Crippen LogP contribution in [0.3, 0.4) is 0 Å². The van der Waals surface area contributed by atoms with Gasteiger partial charge in [-0.15, -0.1) is 0 Å². The highest BCUT2D eigenvalue weighted by Crippen LogP contribution is 2.23. The highest BCUT2D eigenvalue weighted by Gasteiger charge is 2.29. The highest BCUT2D eigenvalue weighted by atomic mass is 32.2. The second kappa shape index (κ2) is 8.53. The average molecular weight is 381 g/mol. The summed E-state index contributed by atoms with van der Waals surface area (Å²) in [5.74, 6) is -0.378. The number of anilines is 2. The zero-order chi connectivity index (χ0) is 19.3. The zero-order valence-electron chi connectivity index (χ0n) is 15.6. The largest absolute Gasteiger partial charge is 0.338 e. The lowest BCUT2D eigenvalue weighted by molar-refractivity contribution is -0.133. The van der Waals surface area contributed by atoms with Crippen molar-refractivity contribution in [3.05, 3.63) is 24.3 Å². The third-order valence-corrected chi connectivity index (χ3v) is 5.71. The summed E-state index contributed by atoms with van der Waals surface area (Å²) in [6, 6.07) is 6.60. The number of nitrogens with one attached hydrogen (secondary N) is 1. The van der Waals surface area contributed by atoms with E-state index in [0.717, 1.165) is 36.2 Å². The van der Waals surface area contributed by atoms with E-state index in [1.165, 1.54) is 6.92 Å². The van der Waals surface area contributed by atoms with Gasteiger partial charge in [0.05, 0.1) is 11.9 Å². The summed E-state index contributed by atoms with van der Waals surface area (Å²) >= 11 is 0. The molecular weight excluding hydrogens is 354 g/mol. The summed E-state index contributed by atoms with van der Waals surface area (Å²) in [4.78, 5) is 25.7. The Morgan fingerprint density at radius 2 is 1.88 bits per heavy atom. The van der Waals surface area contributed by atoms with Crippen LogP contribution >= 0.6 is 0 Å². The number of piperidine rings is 1. The summed E-state index contributed by atoms with van der Waals surface area (Å²) in [6.07, 6.45) is 4.98. The molecule has 1 aliphatic rings. The molecule has 0 spiro atoms. The van der Waals surface area contributed by atoms with E-state index >= 15 is 0 Å². The Labute approximate surface area is 155 Å². The number of hydrogen-bond acceptors (Lipinski definition) is 4. The number of carbonyl (C=O) groups excluding carboxylic acids is 2. The van der Waals surface area contributed by atoms with Crippen LogP contribution in [0.5, 0.6) is 0 Å². The molecule has 0 saturated carbocycles. The first kappa shape index (κ1) is 20.2. The van der Waals surface area contributed by atoms with Crippen LogP contribution in [-0.2, 0) is 19.6 Å². The molecule has 1 aromatic carbocycles. The average Bonchev–Trinajstić information content (AvgIpc) is 2.59. The van der Waals surface area contributed by atoms with E-state index in [0.29, 0.717) is 17.9 Å². The molecule has 0 radical (unpaired) electrons. The Bertz CT molecular complexity index is 746. The van der Waals surface area contributed by atoms with Gasteiger partial charge in [0.2, 0.25) is 21.8 Å². The number of amides is 2. The second-order valence-corrected chi connectivity index (χ2v) is 8.55. The highest BCUT2D eigenvalue weighted by molar-refractivity contribution is 7.92. The summed E-state index contributed by atoms with van der Waals surface area (Å²) in [5.41, 5.74) is 0.975. The normalized spacial score (nSPS) is 17.7. The predicted molar refractivity (Wildman–Crippen MR) is 103 cm³/mol. The summed E-state index contributed by atoms with van der Waals surface area (Å²) in [7, 11) is -3.61. The minimum absolute atomic E-state index is 0.173. The minimum atomic E-state index is -3.61. The topological polar surface area (TPSA) is 86.8 Å². The van der Waals surface area contributed by atoms with E-state index in [-0.39, 0.29) is 24.4 Å². The molecule has 1 fully saturated rings. The molecule has 1 N–H and O–H groups in total. The van der Waals surface area contributed by atoms with E-state index in [1.54, 1.807) is 24.3 Å². The molecule has 8 heteroatoms. The van der Waals surface area contributed by atoms with Crippen molar-refractivity contribution >= 4 is 33.2 Å². The van der Waals surface area contributed by atoms with Gasteiger partial charge in [-0.1, -0.05) is 6.92 Å². The molecular formula is C18H27N3O4S. The third kappa shape index (κ3) is 5.20. The molecule has 1 unspecified atom stereocenters. The lowest BCUT2D eigenvalue weighted by atomic mass is 10.00. The van der Waals surface area contributed by atoms with E-state index in [9.17, 15) is 18.0 Å². The van der Waals surface area contributed by atoms with Crippen molar-refractivity contribution in [2.75, 3.05) is 29.0 Å². The fourth-order valence-electron chi connectivity index (χ4n) is 3.28. The van der Waals surface area contributed by atoms with Gasteiger partial charge < -0.3 is 10.2 Å². The van der Waals surface area contributed by atoms with Gasteiger partial charge in [-0.25, -0.2) is 8.42 Å². The Balaban J connectivity index is 2.20. The Morgan fingerprint density at radius 1 is 1.23 bits per heavy atom. The Kier molecular flexibility index (Phi) is 6.63. The Hall–Kier alpha value is -2.09. The molecule has 2 amide bonds. The monoisotopic (exact) mass is 381 g/mol. The molecule has 1 atom stereocenters.